The molecule has 94 valence electrons. The highest BCUT2D eigenvalue weighted by atomic mass is 16.7. The molecule has 1 aromatic carbocycles. The van der Waals surface area contributed by atoms with Gasteiger partial charge < -0.3 is 14.6 Å². The van der Waals surface area contributed by atoms with Crippen LogP contribution in [-0.4, -0.2) is 31.4 Å². The van der Waals surface area contributed by atoms with Crippen molar-refractivity contribution in [3.05, 3.63) is 35.4 Å². The smallest absolute Gasteiger partial charge is 0.162 e. The number of hydrogen-bond donors (Lipinski definition) is 1. The minimum Gasteiger partial charge on any atom is -0.381 e. The Kier molecular flexibility index (Phi) is 5.28. The molecule has 1 unspecified atom stereocenters. The Labute approximate surface area is 101 Å². The van der Waals surface area contributed by atoms with Gasteiger partial charge in [0.05, 0.1) is 0 Å². The zero-order chi connectivity index (χ0) is 12.8. The van der Waals surface area contributed by atoms with Crippen LogP contribution in [0.4, 0.5) is 0 Å². The van der Waals surface area contributed by atoms with Crippen molar-refractivity contribution in [1.82, 2.24) is 0 Å². The molecule has 4 nitrogen and oxygen atoms in total. The number of ether oxygens (including phenoxy) is 2. The van der Waals surface area contributed by atoms with Crippen molar-refractivity contribution in [2.24, 2.45) is 0 Å². The number of aliphatic hydroxyl groups is 1. The highest BCUT2D eigenvalue weighted by Gasteiger charge is 2.18. The molecule has 0 spiro atoms. The first-order valence-electron chi connectivity index (χ1n) is 5.42. The van der Waals surface area contributed by atoms with Gasteiger partial charge in [-0.1, -0.05) is 24.3 Å². The van der Waals surface area contributed by atoms with Crippen molar-refractivity contribution in [3.8, 4) is 0 Å². The Balaban J connectivity index is 2.95. The summed E-state index contributed by atoms with van der Waals surface area (Å²) in [5.41, 5.74) is 1.46. The van der Waals surface area contributed by atoms with Gasteiger partial charge in [0.2, 0.25) is 0 Å². The van der Waals surface area contributed by atoms with Crippen LogP contribution in [0, 0.1) is 0 Å². The van der Waals surface area contributed by atoms with Crippen LogP contribution in [0.3, 0.4) is 0 Å². The maximum absolute atomic E-state index is 11.2. The summed E-state index contributed by atoms with van der Waals surface area (Å²) in [5, 5.41) is 9.81. The fraction of sp³-hybridized carbons (Fsp3) is 0.462. The second-order valence-electron chi connectivity index (χ2n) is 3.82. The molecule has 1 aromatic rings. The third-order valence-corrected chi connectivity index (χ3v) is 2.65. The van der Waals surface area contributed by atoms with Crippen molar-refractivity contribution in [2.45, 2.75) is 25.7 Å². The Morgan fingerprint density at radius 1 is 1.29 bits per heavy atom. The molecule has 0 aromatic heterocycles. The number of carbonyl (C=O) groups is 1. The number of Topliss-reactive ketones (excluding diaryl/α,β-unsaturated/α-hetero) is 1. The number of methoxy groups -OCH3 is 2. The van der Waals surface area contributed by atoms with Crippen LogP contribution < -0.4 is 0 Å². The molecule has 0 saturated heterocycles. The van der Waals surface area contributed by atoms with Crippen LogP contribution in [-0.2, 0) is 20.7 Å². The number of benzene rings is 1. The minimum atomic E-state index is -1.08. The largest absolute Gasteiger partial charge is 0.381 e. The zero-order valence-corrected chi connectivity index (χ0v) is 10.3. The van der Waals surface area contributed by atoms with Gasteiger partial charge >= 0.3 is 0 Å². The second-order valence-corrected chi connectivity index (χ2v) is 3.82. The molecule has 17 heavy (non-hydrogen) atoms. The van der Waals surface area contributed by atoms with Gasteiger partial charge in [0.15, 0.2) is 12.1 Å². The molecule has 1 atom stereocenters. The predicted molar refractivity (Wildman–Crippen MR) is 63.6 cm³/mol. The molecule has 0 aliphatic heterocycles. The average molecular weight is 238 g/mol. The van der Waals surface area contributed by atoms with E-state index in [9.17, 15) is 9.90 Å². The first kappa shape index (κ1) is 13.8. The molecule has 0 bridgehead atoms. The van der Waals surface area contributed by atoms with Crippen LogP contribution in [0.25, 0.3) is 0 Å². The molecule has 0 fully saturated rings. The van der Waals surface area contributed by atoms with Gasteiger partial charge in [0.1, 0.15) is 6.10 Å². The van der Waals surface area contributed by atoms with Crippen LogP contribution in [0.2, 0.25) is 0 Å². The maximum atomic E-state index is 11.2. The van der Waals surface area contributed by atoms with Crippen molar-refractivity contribution < 1.29 is 19.4 Å². The summed E-state index contributed by atoms with van der Waals surface area (Å²) in [4.78, 5) is 11.2. The van der Waals surface area contributed by atoms with Crippen molar-refractivity contribution in [1.29, 1.82) is 0 Å². The molecular formula is C13H18O4. The third kappa shape index (κ3) is 3.63. The molecule has 0 saturated carbocycles. The van der Waals surface area contributed by atoms with Gasteiger partial charge in [0, 0.05) is 20.6 Å². The summed E-state index contributed by atoms with van der Waals surface area (Å²) >= 11 is 0. The molecule has 0 radical (unpaired) electrons. The SMILES string of the molecule is COC(Cc1ccccc1C(O)C(C)=O)OC. The van der Waals surface area contributed by atoms with Gasteiger partial charge in [-0.05, 0) is 18.1 Å². The second kappa shape index (κ2) is 6.49. The van der Waals surface area contributed by atoms with Crippen LogP contribution in [0.5, 0.6) is 0 Å². The van der Waals surface area contributed by atoms with E-state index in [2.05, 4.69) is 0 Å². The average Bonchev–Trinajstić information content (AvgIpc) is 2.35. The summed E-state index contributed by atoms with van der Waals surface area (Å²) in [6.45, 7) is 1.37. The summed E-state index contributed by atoms with van der Waals surface area (Å²) in [6, 6.07) is 7.24. The quantitative estimate of drug-likeness (QED) is 0.762. The van der Waals surface area contributed by atoms with Crippen molar-refractivity contribution >= 4 is 5.78 Å². The molecule has 0 amide bonds. The highest BCUT2D eigenvalue weighted by Crippen LogP contribution is 2.20. The number of carbonyl (C=O) groups excluding carboxylic acids is 1. The minimum absolute atomic E-state index is 0.274. The zero-order valence-electron chi connectivity index (χ0n) is 10.3. The fourth-order valence-electron chi connectivity index (χ4n) is 1.65. The fourth-order valence-corrected chi connectivity index (χ4v) is 1.65. The number of hydrogen-bond acceptors (Lipinski definition) is 4. The lowest BCUT2D eigenvalue weighted by molar-refractivity contribution is -0.125. The molecule has 1 rings (SSSR count). The van der Waals surface area contributed by atoms with Gasteiger partial charge in [-0.15, -0.1) is 0 Å². The Morgan fingerprint density at radius 3 is 2.41 bits per heavy atom. The summed E-state index contributed by atoms with van der Waals surface area (Å²) in [6.07, 6.45) is -0.969. The summed E-state index contributed by atoms with van der Waals surface area (Å²) in [5.74, 6) is -0.274. The van der Waals surface area contributed by atoms with E-state index in [1.54, 1.807) is 26.4 Å². The number of aliphatic hydroxyl groups excluding tert-OH is 1. The molecule has 0 heterocycles. The molecule has 0 aliphatic rings. The Hall–Kier alpha value is -1.23. The van der Waals surface area contributed by atoms with E-state index in [-0.39, 0.29) is 12.1 Å². The molecular weight excluding hydrogens is 220 g/mol. The first-order chi connectivity index (χ1) is 8.10. The number of rotatable bonds is 6. The first-order valence-corrected chi connectivity index (χ1v) is 5.42. The normalized spacial score (nSPS) is 12.8. The van der Waals surface area contributed by atoms with E-state index in [1.807, 2.05) is 12.1 Å². The van der Waals surface area contributed by atoms with Crippen LogP contribution >= 0.6 is 0 Å². The van der Waals surface area contributed by atoms with Crippen LogP contribution in [0.15, 0.2) is 24.3 Å². The van der Waals surface area contributed by atoms with Crippen molar-refractivity contribution in [2.75, 3.05) is 14.2 Å². The summed E-state index contributed by atoms with van der Waals surface area (Å²) in [7, 11) is 3.11. The van der Waals surface area contributed by atoms with Crippen LogP contribution in [0.1, 0.15) is 24.2 Å². The molecule has 4 heteroatoms. The van der Waals surface area contributed by atoms with Gasteiger partial charge in [-0.2, -0.15) is 0 Å². The Morgan fingerprint density at radius 2 is 1.88 bits per heavy atom. The van der Waals surface area contributed by atoms with Crippen molar-refractivity contribution in [3.63, 3.8) is 0 Å². The third-order valence-electron chi connectivity index (χ3n) is 2.65. The van der Waals surface area contributed by atoms with E-state index in [1.165, 1.54) is 6.92 Å². The molecule has 0 aliphatic carbocycles. The number of ketones is 1. The van der Waals surface area contributed by atoms with E-state index >= 15 is 0 Å². The van der Waals surface area contributed by atoms with E-state index in [4.69, 9.17) is 9.47 Å². The summed E-state index contributed by atoms with van der Waals surface area (Å²) < 4.78 is 10.2. The lowest BCUT2D eigenvalue weighted by Gasteiger charge is -2.17. The lowest BCUT2D eigenvalue weighted by atomic mass is 9.98. The van der Waals surface area contributed by atoms with E-state index < -0.39 is 6.10 Å². The van der Waals surface area contributed by atoms with Gasteiger partial charge in [-0.3, -0.25) is 4.79 Å². The monoisotopic (exact) mass is 238 g/mol. The highest BCUT2D eigenvalue weighted by molar-refractivity contribution is 5.82. The topological polar surface area (TPSA) is 55.8 Å². The van der Waals surface area contributed by atoms with Gasteiger partial charge in [0.25, 0.3) is 0 Å². The Bertz CT molecular complexity index is 371. The van der Waals surface area contributed by atoms with E-state index in [0.29, 0.717) is 12.0 Å². The predicted octanol–water partition coefficient (Wildman–Crippen LogP) is 1.47. The standard InChI is InChI=1S/C13H18O4/c1-9(14)13(15)11-7-5-4-6-10(11)8-12(16-2)17-3/h4-7,12-13,15H,8H2,1-3H3. The van der Waals surface area contributed by atoms with E-state index in [0.717, 1.165) is 5.56 Å². The lowest BCUT2D eigenvalue weighted by Crippen LogP contribution is -2.19. The van der Waals surface area contributed by atoms with Gasteiger partial charge in [-0.25, -0.2) is 0 Å². The molecule has 1 N–H and O–H groups in total. The maximum Gasteiger partial charge on any atom is 0.162 e.